The molecule has 1 rings (SSSR count). The Kier molecular flexibility index (Phi) is 3.93. The third kappa shape index (κ3) is 3.62. The Bertz CT molecular complexity index is 411. The Hall–Kier alpha value is -1.78. The number of rotatable bonds is 4. The van der Waals surface area contributed by atoms with Gasteiger partial charge in [-0.3, -0.25) is 4.79 Å². The molecular formula is C12H19N3O2. The SMILES string of the molecule is COc1c(NCC(C)(C)C)ccnc1C(N)=O. The van der Waals surface area contributed by atoms with Crippen molar-refractivity contribution in [1.82, 2.24) is 4.98 Å². The van der Waals surface area contributed by atoms with E-state index in [2.05, 4.69) is 31.1 Å². The molecule has 5 heteroatoms. The van der Waals surface area contributed by atoms with Crippen LogP contribution in [-0.2, 0) is 0 Å². The highest BCUT2D eigenvalue weighted by Gasteiger charge is 2.16. The van der Waals surface area contributed by atoms with Gasteiger partial charge in [-0.2, -0.15) is 0 Å². The van der Waals surface area contributed by atoms with E-state index in [0.29, 0.717) is 5.75 Å². The Labute approximate surface area is 101 Å². The Balaban J connectivity index is 2.99. The van der Waals surface area contributed by atoms with Crippen LogP contribution >= 0.6 is 0 Å². The minimum absolute atomic E-state index is 0.126. The minimum atomic E-state index is -0.596. The first kappa shape index (κ1) is 13.3. The van der Waals surface area contributed by atoms with E-state index in [0.717, 1.165) is 12.2 Å². The maximum Gasteiger partial charge on any atom is 0.271 e. The maximum absolute atomic E-state index is 11.2. The number of hydrogen-bond acceptors (Lipinski definition) is 4. The third-order valence-corrected chi connectivity index (χ3v) is 2.15. The van der Waals surface area contributed by atoms with Gasteiger partial charge < -0.3 is 15.8 Å². The molecule has 0 aromatic carbocycles. The lowest BCUT2D eigenvalue weighted by Crippen LogP contribution is -2.21. The fourth-order valence-corrected chi connectivity index (χ4v) is 1.33. The molecule has 0 saturated carbocycles. The molecule has 17 heavy (non-hydrogen) atoms. The molecule has 0 aliphatic heterocycles. The van der Waals surface area contributed by atoms with Gasteiger partial charge >= 0.3 is 0 Å². The Morgan fingerprint density at radius 3 is 2.65 bits per heavy atom. The average molecular weight is 237 g/mol. The van der Waals surface area contributed by atoms with Crippen molar-refractivity contribution in [1.29, 1.82) is 0 Å². The highest BCUT2D eigenvalue weighted by atomic mass is 16.5. The summed E-state index contributed by atoms with van der Waals surface area (Å²) in [6.07, 6.45) is 1.54. The van der Waals surface area contributed by atoms with Crippen molar-refractivity contribution in [2.24, 2.45) is 11.1 Å². The van der Waals surface area contributed by atoms with Crippen LogP contribution in [0.2, 0.25) is 0 Å². The second-order valence-corrected chi connectivity index (χ2v) is 5.02. The summed E-state index contributed by atoms with van der Waals surface area (Å²) in [4.78, 5) is 15.1. The fourth-order valence-electron chi connectivity index (χ4n) is 1.33. The molecule has 0 bridgehead atoms. The molecule has 0 atom stereocenters. The molecule has 94 valence electrons. The normalized spacial score (nSPS) is 11.1. The van der Waals surface area contributed by atoms with Gasteiger partial charge in [0.05, 0.1) is 12.8 Å². The van der Waals surface area contributed by atoms with Crippen molar-refractivity contribution < 1.29 is 9.53 Å². The molecule has 0 spiro atoms. The fraction of sp³-hybridized carbons (Fsp3) is 0.500. The van der Waals surface area contributed by atoms with Crippen LogP contribution < -0.4 is 15.8 Å². The average Bonchev–Trinajstić information content (AvgIpc) is 2.24. The van der Waals surface area contributed by atoms with Crippen LogP contribution in [0.1, 0.15) is 31.3 Å². The molecule has 1 aromatic heterocycles. The lowest BCUT2D eigenvalue weighted by atomic mass is 9.97. The van der Waals surface area contributed by atoms with E-state index in [1.807, 2.05) is 0 Å². The number of aromatic nitrogens is 1. The first-order valence-corrected chi connectivity index (χ1v) is 5.42. The zero-order valence-electron chi connectivity index (χ0n) is 10.7. The largest absolute Gasteiger partial charge is 0.492 e. The molecule has 0 radical (unpaired) electrons. The van der Waals surface area contributed by atoms with Crippen LogP contribution in [0.15, 0.2) is 12.3 Å². The van der Waals surface area contributed by atoms with Crippen LogP contribution in [0.3, 0.4) is 0 Å². The van der Waals surface area contributed by atoms with E-state index in [-0.39, 0.29) is 11.1 Å². The molecule has 0 aliphatic carbocycles. The van der Waals surface area contributed by atoms with Crippen molar-refractivity contribution in [3.63, 3.8) is 0 Å². The van der Waals surface area contributed by atoms with Crippen LogP contribution in [0.5, 0.6) is 5.75 Å². The summed E-state index contributed by atoms with van der Waals surface area (Å²) in [7, 11) is 1.49. The summed E-state index contributed by atoms with van der Waals surface area (Å²) in [6, 6.07) is 1.76. The summed E-state index contributed by atoms with van der Waals surface area (Å²) in [5.41, 5.74) is 6.23. The molecule has 5 nitrogen and oxygen atoms in total. The number of ether oxygens (including phenoxy) is 1. The molecule has 1 aromatic rings. The van der Waals surface area contributed by atoms with Crippen molar-refractivity contribution in [2.45, 2.75) is 20.8 Å². The van der Waals surface area contributed by atoms with Gasteiger partial charge in [-0.15, -0.1) is 0 Å². The molecule has 1 heterocycles. The lowest BCUT2D eigenvalue weighted by molar-refractivity contribution is 0.0992. The monoisotopic (exact) mass is 237 g/mol. The first-order valence-electron chi connectivity index (χ1n) is 5.42. The van der Waals surface area contributed by atoms with E-state index in [9.17, 15) is 4.79 Å². The quantitative estimate of drug-likeness (QED) is 0.834. The standard InChI is InChI=1S/C12H19N3O2/c1-12(2,3)7-15-8-5-6-14-9(11(13)16)10(8)17-4/h5-6H,7H2,1-4H3,(H2,13,16)(H,14,15). The molecule has 0 aliphatic rings. The van der Waals surface area contributed by atoms with Gasteiger partial charge in [0, 0.05) is 12.7 Å². The highest BCUT2D eigenvalue weighted by molar-refractivity contribution is 5.95. The van der Waals surface area contributed by atoms with Crippen molar-refractivity contribution >= 4 is 11.6 Å². The smallest absolute Gasteiger partial charge is 0.271 e. The minimum Gasteiger partial charge on any atom is -0.492 e. The number of nitrogens with two attached hydrogens (primary N) is 1. The number of amides is 1. The van der Waals surface area contributed by atoms with E-state index < -0.39 is 5.91 Å². The van der Waals surface area contributed by atoms with Gasteiger partial charge in [0.15, 0.2) is 11.4 Å². The van der Waals surface area contributed by atoms with Gasteiger partial charge in [0.25, 0.3) is 5.91 Å². The van der Waals surface area contributed by atoms with Gasteiger partial charge in [0.1, 0.15) is 0 Å². The second kappa shape index (κ2) is 5.03. The zero-order valence-corrected chi connectivity index (χ0v) is 10.7. The Morgan fingerprint density at radius 1 is 1.53 bits per heavy atom. The number of methoxy groups -OCH3 is 1. The predicted octanol–water partition coefficient (Wildman–Crippen LogP) is 1.65. The highest BCUT2D eigenvalue weighted by Crippen LogP contribution is 2.27. The summed E-state index contributed by atoms with van der Waals surface area (Å²) in [5.74, 6) is -0.203. The summed E-state index contributed by atoms with van der Waals surface area (Å²) >= 11 is 0. The van der Waals surface area contributed by atoms with E-state index in [1.165, 1.54) is 13.3 Å². The van der Waals surface area contributed by atoms with E-state index >= 15 is 0 Å². The van der Waals surface area contributed by atoms with Gasteiger partial charge in [-0.1, -0.05) is 20.8 Å². The van der Waals surface area contributed by atoms with Gasteiger partial charge in [-0.25, -0.2) is 4.98 Å². The second-order valence-electron chi connectivity index (χ2n) is 5.02. The van der Waals surface area contributed by atoms with Crippen LogP contribution in [-0.4, -0.2) is 24.5 Å². The third-order valence-electron chi connectivity index (χ3n) is 2.15. The number of primary amides is 1. The van der Waals surface area contributed by atoms with E-state index in [1.54, 1.807) is 6.07 Å². The number of carbonyl (C=O) groups excluding carboxylic acids is 1. The Morgan fingerprint density at radius 2 is 2.18 bits per heavy atom. The summed E-state index contributed by atoms with van der Waals surface area (Å²) < 4.78 is 5.18. The summed E-state index contributed by atoms with van der Waals surface area (Å²) in [6.45, 7) is 7.10. The molecule has 1 amide bonds. The van der Waals surface area contributed by atoms with Crippen LogP contribution in [0.4, 0.5) is 5.69 Å². The number of anilines is 1. The molecule has 0 unspecified atom stereocenters. The number of nitrogens with one attached hydrogen (secondary N) is 1. The number of nitrogens with zero attached hydrogens (tertiary/aromatic N) is 1. The van der Waals surface area contributed by atoms with Gasteiger partial charge in [-0.05, 0) is 11.5 Å². The molecule has 0 fully saturated rings. The van der Waals surface area contributed by atoms with E-state index in [4.69, 9.17) is 10.5 Å². The van der Waals surface area contributed by atoms with Crippen LogP contribution in [0.25, 0.3) is 0 Å². The first-order chi connectivity index (χ1) is 7.85. The number of carbonyl (C=O) groups is 1. The van der Waals surface area contributed by atoms with Crippen molar-refractivity contribution in [3.8, 4) is 5.75 Å². The maximum atomic E-state index is 11.2. The predicted molar refractivity (Wildman–Crippen MR) is 67.3 cm³/mol. The molecule has 3 N–H and O–H groups in total. The van der Waals surface area contributed by atoms with Crippen molar-refractivity contribution in [2.75, 3.05) is 19.0 Å². The number of pyridine rings is 1. The topological polar surface area (TPSA) is 77.2 Å². The van der Waals surface area contributed by atoms with Crippen LogP contribution in [0, 0.1) is 5.41 Å². The number of hydrogen-bond donors (Lipinski definition) is 2. The summed E-state index contributed by atoms with van der Waals surface area (Å²) in [5, 5.41) is 3.23. The molecule has 0 saturated heterocycles. The van der Waals surface area contributed by atoms with Crippen molar-refractivity contribution in [3.05, 3.63) is 18.0 Å². The lowest BCUT2D eigenvalue weighted by Gasteiger charge is -2.21. The van der Waals surface area contributed by atoms with Gasteiger partial charge in [0.2, 0.25) is 0 Å². The zero-order chi connectivity index (χ0) is 13.1. The molecular weight excluding hydrogens is 218 g/mol.